The van der Waals surface area contributed by atoms with Gasteiger partial charge in [-0.3, -0.25) is 4.79 Å². The summed E-state index contributed by atoms with van der Waals surface area (Å²) in [5, 5.41) is 0. The lowest BCUT2D eigenvalue weighted by atomic mass is 10.1. The second-order valence-electron chi connectivity index (χ2n) is 5.00. The third-order valence-corrected chi connectivity index (χ3v) is 5.31. The molecule has 1 aliphatic rings. The largest absolute Gasteiger partial charge is 0.371 e. The molecule has 0 spiro atoms. The van der Waals surface area contributed by atoms with Crippen molar-refractivity contribution in [1.29, 1.82) is 0 Å². The summed E-state index contributed by atoms with van der Waals surface area (Å²) in [5.41, 5.74) is 6.13. The molecule has 20 heavy (non-hydrogen) atoms. The minimum Gasteiger partial charge on any atom is -0.371 e. The maximum atomic E-state index is 12.3. The van der Waals surface area contributed by atoms with Crippen molar-refractivity contribution in [2.75, 3.05) is 32.1 Å². The van der Waals surface area contributed by atoms with E-state index in [1.165, 1.54) is 20.2 Å². The highest BCUT2D eigenvalue weighted by molar-refractivity contribution is 7.89. The van der Waals surface area contributed by atoms with E-state index in [2.05, 4.69) is 0 Å². The zero-order valence-corrected chi connectivity index (χ0v) is 12.5. The molecule has 0 atom stereocenters. The number of carbonyl (C=O) groups excluding carboxylic acids is 1. The Hall–Kier alpha value is -1.60. The fourth-order valence-corrected chi connectivity index (χ4v) is 3.51. The van der Waals surface area contributed by atoms with Gasteiger partial charge in [0.1, 0.15) is 0 Å². The molecule has 1 fully saturated rings. The highest BCUT2D eigenvalue weighted by atomic mass is 32.2. The van der Waals surface area contributed by atoms with Gasteiger partial charge in [0.2, 0.25) is 10.0 Å². The molecular formula is C13H19N3O3S. The Kier molecular flexibility index (Phi) is 4.01. The fraction of sp³-hybridized carbons (Fsp3) is 0.462. The number of rotatable bonds is 4. The van der Waals surface area contributed by atoms with E-state index in [4.69, 9.17) is 5.73 Å². The van der Waals surface area contributed by atoms with E-state index in [1.807, 2.05) is 4.90 Å². The van der Waals surface area contributed by atoms with Crippen LogP contribution in [-0.4, -0.2) is 45.8 Å². The summed E-state index contributed by atoms with van der Waals surface area (Å²) in [4.78, 5) is 13.8. The summed E-state index contributed by atoms with van der Waals surface area (Å²) >= 11 is 0. The molecule has 110 valence electrons. The van der Waals surface area contributed by atoms with Gasteiger partial charge in [-0.25, -0.2) is 12.7 Å². The maximum absolute atomic E-state index is 12.3. The first-order valence-electron chi connectivity index (χ1n) is 6.46. The van der Waals surface area contributed by atoms with E-state index in [9.17, 15) is 13.2 Å². The van der Waals surface area contributed by atoms with Gasteiger partial charge in [0, 0.05) is 27.2 Å². The zero-order chi connectivity index (χ0) is 14.9. The van der Waals surface area contributed by atoms with Gasteiger partial charge in [0.25, 0.3) is 5.91 Å². The standard InChI is InChI=1S/C13H19N3O3S/c1-15(2)20(18,19)11-7-5-6-10(12(11)13(14)17)16-8-3-4-9-16/h5-7H,3-4,8-9H2,1-2H3,(H2,14,17). The van der Waals surface area contributed by atoms with Gasteiger partial charge in [-0.05, 0) is 25.0 Å². The Labute approximate surface area is 119 Å². The molecule has 7 heteroatoms. The Balaban J connectivity index is 2.64. The SMILES string of the molecule is CN(C)S(=O)(=O)c1cccc(N2CCCC2)c1C(N)=O. The fourth-order valence-electron chi connectivity index (χ4n) is 2.40. The van der Waals surface area contributed by atoms with E-state index in [0.717, 1.165) is 30.2 Å². The molecule has 0 unspecified atom stereocenters. The highest BCUT2D eigenvalue weighted by Crippen LogP contribution is 2.30. The quantitative estimate of drug-likeness (QED) is 0.884. The van der Waals surface area contributed by atoms with Crippen LogP contribution in [0, 0.1) is 0 Å². The van der Waals surface area contributed by atoms with Crippen molar-refractivity contribution in [2.45, 2.75) is 17.7 Å². The van der Waals surface area contributed by atoms with Gasteiger partial charge in [-0.1, -0.05) is 6.07 Å². The van der Waals surface area contributed by atoms with Crippen molar-refractivity contribution in [3.05, 3.63) is 23.8 Å². The first kappa shape index (κ1) is 14.8. The summed E-state index contributed by atoms with van der Waals surface area (Å²) in [5.74, 6) is -0.715. The second-order valence-corrected chi connectivity index (χ2v) is 7.12. The number of anilines is 1. The third kappa shape index (κ3) is 2.51. The summed E-state index contributed by atoms with van der Waals surface area (Å²) in [6, 6.07) is 4.82. The molecule has 1 amide bonds. The summed E-state index contributed by atoms with van der Waals surface area (Å²) in [7, 11) is -0.832. The van der Waals surface area contributed by atoms with Gasteiger partial charge in [0.05, 0.1) is 16.1 Å². The average molecular weight is 297 g/mol. The molecular weight excluding hydrogens is 278 g/mol. The van der Waals surface area contributed by atoms with E-state index >= 15 is 0 Å². The van der Waals surface area contributed by atoms with Crippen LogP contribution in [-0.2, 0) is 10.0 Å². The van der Waals surface area contributed by atoms with E-state index < -0.39 is 15.9 Å². The van der Waals surface area contributed by atoms with Gasteiger partial charge in [-0.15, -0.1) is 0 Å². The van der Waals surface area contributed by atoms with Crippen LogP contribution in [0.3, 0.4) is 0 Å². The molecule has 0 bridgehead atoms. The Morgan fingerprint density at radius 1 is 1.25 bits per heavy atom. The average Bonchev–Trinajstić information content (AvgIpc) is 2.91. The minimum absolute atomic E-state index is 0.0283. The molecule has 1 aliphatic heterocycles. The smallest absolute Gasteiger partial charge is 0.252 e. The molecule has 1 heterocycles. The van der Waals surface area contributed by atoms with Crippen molar-refractivity contribution >= 4 is 21.6 Å². The molecule has 2 rings (SSSR count). The summed E-state index contributed by atoms with van der Waals surface area (Å²) in [6.07, 6.45) is 2.06. The predicted molar refractivity (Wildman–Crippen MR) is 77.3 cm³/mol. The number of hydrogen-bond acceptors (Lipinski definition) is 4. The predicted octanol–water partition coefficient (Wildman–Crippen LogP) is 0.636. The van der Waals surface area contributed by atoms with Crippen LogP contribution in [0.25, 0.3) is 0 Å². The number of nitrogens with zero attached hydrogens (tertiary/aromatic N) is 2. The molecule has 0 aliphatic carbocycles. The number of hydrogen-bond donors (Lipinski definition) is 1. The first-order chi connectivity index (χ1) is 9.35. The van der Waals surface area contributed by atoms with Gasteiger partial charge in [0.15, 0.2) is 0 Å². The van der Waals surface area contributed by atoms with Crippen LogP contribution in [0.2, 0.25) is 0 Å². The topological polar surface area (TPSA) is 83.7 Å². The molecule has 1 saturated heterocycles. The van der Waals surface area contributed by atoms with Crippen LogP contribution < -0.4 is 10.6 Å². The lowest BCUT2D eigenvalue weighted by molar-refractivity contribution is 0.0997. The second kappa shape index (κ2) is 5.41. The number of sulfonamides is 1. The molecule has 0 aromatic heterocycles. The van der Waals surface area contributed by atoms with Crippen LogP contribution in [0.5, 0.6) is 0 Å². The van der Waals surface area contributed by atoms with Crippen molar-refractivity contribution in [1.82, 2.24) is 4.31 Å². The molecule has 0 radical (unpaired) electrons. The zero-order valence-electron chi connectivity index (χ0n) is 11.7. The van der Waals surface area contributed by atoms with E-state index in [1.54, 1.807) is 12.1 Å². The van der Waals surface area contributed by atoms with Crippen LogP contribution in [0.4, 0.5) is 5.69 Å². The Morgan fingerprint density at radius 3 is 2.35 bits per heavy atom. The van der Waals surface area contributed by atoms with Crippen molar-refractivity contribution in [3.8, 4) is 0 Å². The first-order valence-corrected chi connectivity index (χ1v) is 7.90. The van der Waals surface area contributed by atoms with Crippen molar-refractivity contribution in [2.24, 2.45) is 5.73 Å². The number of primary amides is 1. The lowest BCUT2D eigenvalue weighted by Gasteiger charge is -2.23. The number of nitrogens with two attached hydrogens (primary N) is 1. The van der Waals surface area contributed by atoms with E-state index in [0.29, 0.717) is 5.69 Å². The van der Waals surface area contributed by atoms with Crippen molar-refractivity contribution in [3.63, 3.8) is 0 Å². The van der Waals surface area contributed by atoms with Gasteiger partial charge < -0.3 is 10.6 Å². The van der Waals surface area contributed by atoms with Crippen LogP contribution in [0.15, 0.2) is 23.1 Å². The lowest BCUT2D eigenvalue weighted by Crippen LogP contribution is -2.29. The number of amides is 1. The van der Waals surface area contributed by atoms with Crippen LogP contribution in [0.1, 0.15) is 23.2 Å². The van der Waals surface area contributed by atoms with E-state index in [-0.39, 0.29) is 10.5 Å². The number of carbonyl (C=O) groups is 1. The third-order valence-electron chi connectivity index (χ3n) is 3.46. The maximum Gasteiger partial charge on any atom is 0.252 e. The van der Waals surface area contributed by atoms with Crippen LogP contribution >= 0.6 is 0 Å². The highest BCUT2D eigenvalue weighted by Gasteiger charge is 2.28. The van der Waals surface area contributed by atoms with Gasteiger partial charge >= 0.3 is 0 Å². The molecule has 6 nitrogen and oxygen atoms in total. The van der Waals surface area contributed by atoms with Crippen molar-refractivity contribution < 1.29 is 13.2 Å². The Morgan fingerprint density at radius 2 is 1.85 bits per heavy atom. The summed E-state index contributed by atoms with van der Waals surface area (Å²) < 4.78 is 25.7. The van der Waals surface area contributed by atoms with Gasteiger partial charge in [-0.2, -0.15) is 0 Å². The monoisotopic (exact) mass is 297 g/mol. The normalized spacial score (nSPS) is 15.8. The molecule has 1 aromatic rings. The Bertz CT molecular complexity index is 620. The molecule has 2 N–H and O–H groups in total. The summed E-state index contributed by atoms with van der Waals surface area (Å²) in [6.45, 7) is 1.62. The molecule has 1 aromatic carbocycles. The minimum atomic E-state index is -3.70. The number of benzene rings is 1. The molecule has 0 saturated carbocycles.